The Kier molecular flexibility index (Phi) is 6.68. The van der Waals surface area contributed by atoms with Crippen LogP contribution in [0.5, 0.6) is 11.5 Å². The number of amides is 1. The minimum atomic E-state index is 0.173. The molecule has 0 unspecified atom stereocenters. The number of carbonyl (C=O) groups is 1. The molecule has 0 aromatic heterocycles. The molecule has 1 amide bonds. The van der Waals surface area contributed by atoms with Crippen molar-refractivity contribution in [2.24, 2.45) is 0 Å². The summed E-state index contributed by atoms with van der Waals surface area (Å²) >= 11 is 6.15. The SMILES string of the molecule is COc1cccc(CCC(=O)N2CCN(c3cc(Cl)ccc3C)CC2)c1OC. The Morgan fingerprint density at radius 3 is 2.50 bits per heavy atom. The number of carbonyl (C=O) groups excluding carboxylic acids is 1. The van der Waals surface area contributed by atoms with Crippen molar-refractivity contribution in [3.8, 4) is 11.5 Å². The van der Waals surface area contributed by atoms with Crippen LogP contribution in [0.15, 0.2) is 36.4 Å². The van der Waals surface area contributed by atoms with E-state index in [-0.39, 0.29) is 5.91 Å². The third kappa shape index (κ3) is 4.53. The highest BCUT2D eigenvalue weighted by atomic mass is 35.5. The van der Waals surface area contributed by atoms with Gasteiger partial charge in [-0.25, -0.2) is 0 Å². The summed E-state index contributed by atoms with van der Waals surface area (Å²) in [6, 6.07) is 11.7. The molecule has 0 saturated carbocycles. The second-order valence-electron chi connectivity index (χ2n) is 6.95. The van der Waals surface area contributed by atoms with Gasteiger partial charge in [-0.15, -0.1) is 0 Å². The van der Waals surface area contributed by atoms with Crippen molar-refractivity contribution in [1.82, 2.24) is 4.90 Å². The summed E-state index contributed by atoms with van der Waals surface area (Å²) in [5, 5.41) is 0.742. The topological polar surface area (TPSA) is 42.0 Å². The quantitative estimate of drug-likeness (QED) is 0.733. The monoisotopic (exact) mass is 402 g/mol. The van der Waals surface area contributed by atoms with Gasteiger partial charge >= 0.3 is 0 Å². The maximum atomic E-state index is 12.7. The molecule has 5 nitrogen and oxygen atoms in total. The number of ether oxygens (including phenoxy) is 2. The number of hydrogen-bond donors (Lipinski definition) is 0. The third-order valence-corrected chi connectivity index (χ3v) is 5.47. The number of methoxy groups -OCH3 is 2. The molecule has 3 rings (SSSR count). The molecular weight excluding hydrogens is 376 g/mol. The first-order chi connectivity index (χ1) is 13.5. The van der Waals surface area contributed by atoms with Gasteiger partial charge in [0.1, 0.15) is 0 Å². The minimum Gasteiger partial charge on any atom is -0.493 e. The van der Waals surface area contributed by atoms with Crippen LogP contribution in [0.4, 0.5) is 5.69 Å². The first-order valence-corrected chi connectivity index (χ1v) is 9.90. The van der Waals surface area contributed by atoms with Gasteiger partial charge in [0.2, 0.25) is 5.91 Å². The number of rotatable bonds is 6. The molecule has 1 aliphatic rings. The number of para-hydroxylation sites is 1. The first-order valence-electron chi connectivity index (χ1n) is 9.52. The van der Waals surface area contributed by atoms with Gasteiger partial charge in [-0.2, -0.15) is 0 Å². The summed E-state index contributed by atoms with van der Waals surface area (Å²) in [5.74, 6) is 1.57. The lowest BCUT2D eigenvalue weighted by Gasteiger charge is -2.37. The van der Waals surface area contributed by atoms with Gasteiger partial charge in [-0.1, -0.05) is 29.8 Å². The molecule has 1 saturated heterocycles. The highest BCUT2D eigenvalue weighted by Crippen LogP contribution is 2.31. The Morgan fingerprint density at radius 1 is 1.07 bits per heavy atom. The summed E-state index contributed by atoms with van der Waals surface area (Å²) in [4.78, 5) is 17.0. The molecule has 0 bridgehead atoms. The van der Waals surface area contributed by atoms with E-state index in [0.29, 0.717) is 24.3 Å². The number of aryl methyl sites for hydroxylation is 2. The van der Waals surface area contributed by atoms with E-state index in [4.69, 9.17) is 21.1 Å². The molecule has 0 aliphatic carbocycles. The predicted molar refractivity (Wildman–Crippen MR) is 113 cm³/mol. The average molecular weight is 403 g/mol. The Morgan fingerprint density at radius 2 is 1.82 bits per heavy atom. The Balaban J connectivity index is 1.57. The van der Waals surface area contributed by atoms with Crippen LogP contribution in [0.25, 0.3) is 0 Å². The molecule has 0 radical (unpaired) electrons. The van der Waals surface area contributed by atoms with Gasteiger partial charge in [0.15, 0.2) is 11.5 Å². The van der Waals surface area contributed by atoms with Crippen LogP contribution in [-0.4, -0.2) is 51.2 Å². The van der Waals surface area contributed by atoms with Gasteiger partial charge in [0.25, 0.3) is 0 Å². The second kappa shape index (κ2) is 9.20. The molecule has 0 atom stereocenters. The summed E-state index contributed by atoms with van der Waals surface area (Å²) in [7, 11) is 3.24. The van der Waals surface area contributed by atoms with E-state index in [9.17, 15) is 4.79 Å². The van der Waals surface area contributed by atoms with Crippen LogP contribution in [0.1, 0.15) is 17.5 Å². The number of benzene rings is 2. The van der Waals surface area contributed by atoms with E-state index in [2.05, 4.69) is 11.8 Å². The Hall–Kier alpha value is -2.40. The van der Waals surface area contributed by atoms with Crippen LogP contribution in [0.2, 0.25) is 5.02 Å². The van der Waals surface area contributed by atoms with E-state index in [1.165, 1.54) is 5.56 Å². The summed E-state index contributed by atoms with van der Waals surface area (Å²) < 4.78 is 10.8. The maximum Gasteiger partial charge on any atom is 0.223 e. The summed E-state index contributed by atoms with van der Waals surface area (Å²) in [6.07, 6.45) is 1.09. The van der Waals surface area contributed by atoms with Crippen molar-refractivity contribution < 1.29 is 14.3 Å². The van der Waals surface area contributed by atoms with Crippen LogP contribution >= 0.6 is 11.6 Å². The lowest BCUT2D eigenvalue weighted by atomic mass is 10.1. The van der Waals surface area contributed by atoms with E-state index in [1.54, 1.807) is 14.2 Å². The molecule has 1 aliphatic heterocycles. The lowest BCUT2D eigenvalue weighted by Crippen LogP contribution is -2.49. The average Bonchev–Trinajstić information content (AvgIpc) is 2.73. The number of nitrogens with zero attached hydrogens (tertiary/aromatic N) is 2. The zero-order chi connectivity index (χ0) is 20.1. The number of hydrogen-bond acceptors (Lipinski definition) is 4. The molecule has 2 aromatic rings. The van der Waals surface area contributed by atoms with Gasteiger partial charge in [0.05, 0.1) is 14.2 Å². The van der Waals surface area contributed by atoms with Crippen LogP contribution < -0.4 is 14.4 Å². The molecular formula is C22H27ClN2O3. The van der Waals surface area contributed by atoms with Gasteiger partial charge in [0, 0.05) is 43.3 Å². The molecule has 28 heavy (non-hydrogen) atoms. The van der Waals surface area contributed by atoms with E-state index < -0.39 is 0 Å². The van der Waals surface area contributed by atoms with Crippen molar-refractivity contribution in [2.45, 2.75) is 19.8 Å². The molecule has 0 spiro atoms. The van der Waals surface area contributed by atoms with Gasteiger partial charge in [-0.05, 0) is 42.7 Å². The lowest BCUT2D eigenvalue weighted by molar-refractivity contribution is -0.131. The predicted octanol–water partition coefficient (Wildman–Crippen LogP) is 3.95. The summed E-state index contributed by atoms with van der Waals surface area (Å²) in [6.45, 7) is 5.16. The third-order valence-electron chi connectivity index (χ3n) is 5.24. The van der Waals surface area contributed by atoms with Crippen molar-refractivity contribution in [3.05, 3.63) is 52.5 Å². The number of anilines is 1. The van der Waals surface area contributed by atoms with Crippen LogP contribution in [0, 0.1) is 6.92 Å². The fraction of sp³-hybridized carbons (Fsp3) is 0.409. The van der Waals surface area contributed by atoms with Gasteiger partial charge in [-0.3, -0.25) is 4.79 Å². The molecule has 1 fully saturated rings. The molecule has 0 N–H and O–H groups in total. The van der Waals surface area contributed by atoms with E-state index >= 15 is 0 Å². The minimum absolute atomic E-state index is 0.173. The van der Waals surface area contributed by atoms with Crippen molar-refractivity contribution in [1.29, 1.82) is 0 Å². The first kappa shape index (κ1) is 20.3. The fourth-order valence-corrected chi connectivity index (χ4v) is 3.84. The highest BCUT2D eigenvalue weighted by molar-refractivity contribution is 6.30. The zero-order valence-corrected chi connectivity index (χ0v) is 17.5. The summed E-state index contributed by atoms with van der Waals surface area (Å²) in [5.41, 5.74) is 3.35. The Labute approximate surface area is 171 Å². The smallest absolute Gasteiger partial charge is 0.223 e. The molecule has 1 heterocycles. The molecule has 150 valence electrons. The number of piperazine rings is 1. The molecule has 6 heteroatoms. The van der Waals surface area contributed by atoms with Gasteiger partial charge < -0.3 is 19.3 Å². The van der Waals surface area contributed by atoms with Crippen LogP contribution in [-0.2, 0) is 11.2 Å². The molecule has 2 aromatic carbocycles. The Bertz CT molecular complexity index is 833. The highest BCUT2D eigenvalue weighted by Gasteiger charge is 2.22. The number of halogens is 1. The standard InChI is InChI=1S/C22H27ClN2O3/c1-16-7-9-18(23)15-19(16)24-11-13-25(14-12-24)21(26)10-8-17-5-4-6-20(27-2)22(17)28-3/h4-7,9,15H,8,10-14H2,1-3H3. The second-order valence-corrected chi connectivity index (χ2v) is 7.39. The van der Waals surface area contributed by atoms with Crippen LogP contribution in [0.3, 0.4) is 0 Å². The van der Waals surface area contributed by atoms with E-state index in [1.807, 2.05) is 41.3 Å². The van der Waals surface area contributed by atoms with E-state index in [0.717, 1.165) is 42.5 Å². The van der Waals surface area contributed by atoms with Crippen molar-refractivity contribution >= 4 is 23.2 Å². The fourth-order valence-electron chi connectivity index (χ4n) is 3.67. The maximum absolute atomic E-state index is 12.7. The van der Waals surface area contributed by atoms with Crippen molar-refractivity contribution in [3.63, 3.8) is 0 Å². The zero-order valence-electron chi connectivity index (χ0n) is 16.7. The largest absolute Gasteiger partial charge is 0.493 e. The van der Waals surface area contributed by atoms with Crippen molar-refractivity contribution in [2.75, 3.05) is 45.3 Å². The normalized spacial score (nSPS) is 14.1.